The molecular formula is C11H22N4O2. The van der Waals surface area contributed by atoms with E-state index in [-0.39, 0.29) is 24.0 Å². The van der Waals surface area contributed by atoms with E-state index in [1.165, 1.54) is 0 Å². The Morgan fingerprint density at radius 2 is 1.76 bits per heavy atom. The summed E-state index contributed by atoms with van der Waals surface area (Å²) >= 11 is 0. The maximum absolute atomic E-state index is 11.4. The first-order valence-corrected chi connectivity index (χ1v) is 6.20. The Hall–Kier alpha value is -1.14. The van der Waals surface area contributed by atoms with Crippen molar-refractivity contribution in [1.82, 2.24) is 21.3 Å². The van der Waals surface area contributed by atoms with Crippen molar-refractivity contribution in [3.63, 3.8) is 0 Å². The minimum atomic E-state index is -0.345. The summed E-state index contributed by atoms with van der Waals surface area (Å²) in [5.74, 6) is -0.113. The second kappa shape index (κ2) is 7.24. The Morgan fingerprint density at radius 3 is 2.18 bits per heavy atom. The molecule has 0 bridgehead atoms. The van der Waals surface area contributed by atoms with E-state index in [1.54, 1.807) is 13.8 Å². The van der Waals surface area contributed by atoms with Crippen LogP contribution < -0.4 is 21.3 Å². The molecule has 0 radical (unpaired) electrons. The number of nitrogens with one attached hydrogen (secondary N) is 4. The summed E-state index contributed by atoms with van der Waals surface area (Å²) < 4.78 is 0. The number of piperazine rings is 1. The van der Waals surface area contributed by atoms with Crippen LogP contribution in [0.5, 0.6) is 0 Å². The maximum atomic E-state index is 11.4. The fraction of sp³-hybridized carbons (Fsp3) is 0.818. The monoisotopic (exact) mass is 242 g/mol. The Bertz CT molecular complexity index is 246. The average molecular weight is 242 g/mol. The van der Waals surface area contributed by atoms with Crippen LogP contribution in [0.1, 0.15) is 26.7 Å². The molecule has 1 aliphatic rings. The average Bonchev–Trinajstić information content (AvgIpc) is 2.38. The zero-order valence-electron chi connectivity index (χ0n) is 10.5. The van der Waals surface area contributed by atoms with Gasteiger partial charge in [-0.3, -0.25) is 9.59 Å². The number of amides is 2. The molecule has 0 aromatic rings. The van der Waals surface area contributed by atoms with Gasteiger partial charge in [-0.1, -0.05) is 13.8 Å². The van der Waals surface area contributed by atoms with Crippen LogP contribution in [0.15, 0.2) is 0 Å². The van der Waals surface area contributed by atoms with Crippen molar-refractivity contribution in [3.05, 3.63) is 0 Å². The lowest BCUT2D eigenvalue weighted by molar-refractivity contribution is -0.124. The van der Waals surface area contributed by atoms with Crippen molar-refractivity contribution >= 4 is 11.8 Å². The van der Waals surface area contributed by atoms with Crippen molar-refractivity contribution in [1.29, 1.82) is 0 Å². The van der Waals surface area contributed by atoms with Gasteiger partial charge in [-0.2, -0.15) is 0 Å². The first-order chi connectivity index (χ1) is 8.17. The standard InChI is InChI=1S/C11H22N4O2/c1-3-9(16)14-11(15-10(17)4-2)8-7-12-5-6-13-8/h8,11-13H,3-7H2,1-2H3,(H,14,16)(H,15,17). The van der Waals surface area contributed by atoms with E-state index in [1.807, 2.05) is 0 Å². The fourth-order valence-electron chi connectivity index (χ4n) is 1.70. The van der Waals surface area contributed by atoms with E-state index in [0.717, 1.165) is 19.6 Å². The molecule has 0 aliphatic carbocycles. The summed E-state index contributed by atoms with van der Waals surface area (Å²) in [7, 11) is 0. The van der Waals surface area contributed by atoms with Gasteiger partial charge in [0.2, 0.25) is 11.8 Å². The smallest absolute Gasteiger partial charge is 0.221 e. The Kier molecular flexibility index (Phi) is 5.93. The molecule has 1 unspecified atom stereocenters. The lowest BCUT2D eigenvalue weighted by Gasteiger charge is -2.32. The van der Waals surface area contributed by atoms with Crippen LogP contribution in [0.3, 0.4) is 0 Å². The van der Waals surface area contributed by atoms with Crippen molar-refractivity contribution < 1.29 is 9.59 Å². The van der Waals surface area contributed by atoms with Crippen molar-refractivity contribution in [2.75, 3.05) is 19.6 Å². The zero-order valence-corrected chi connectivity index (χ0v) is 10.5. The molecule has 4 N–H and O–H groups in total. The summed E-state index contributed by atoms with van der Waals surface area (Å²) in [5.41, 5.74) is 0. The lowest BCUT2D eigenvalue weighted by atomic mass is 10.1. The molecule has 17 heavy (non-hydrogen) atoms. The third kappa shape index (κ3) is 4.70. The van der Waals surface area contributed by atoms with E-state index in [4.69, 9.17) is 0 Å². The van der Waals surface area contributed by atoms with Gasteiger partial charge < -0.3 is 21.3 Å². The van der Waals surface area contributed by atoms with Gasteiger partial charge in [-0.15, -0.1) is 0 Å². The van der Waals surface area contributed by atoms with Gasteiger partial charge in [-0.05, 0) is 0 Å². The van der Waals surface area contributed by atoms with E-state index < -0.39 is 0 Å². The molecule has 1 fully saturated rings. The molecule has 1 saturated heterocycles. The molecule has 6 heteroatoms. The van der Waals surface area contributed by atoms with Crippen LogP contribution >= 0.6 is 0 Å². The van der Waals surface area contributed by atoms with Gasteiger partial charge in [0.25, 0.3) is 0 Å². The summed E-state index contributed by atoms with van der Waals surface area (Å²) in [4.78, 5) is 22.8. The van der Waals surface area contributed by atoms with Gasteiger partial charge >= 0.3 is 0 Å². The second-order valence-corrected chi connectivity index (χ2v) is 4.08. The van der Waals surface area contributed by atoms with E-state index in [0.29, 0.717) is 12.8 Å². The highest BCUT2D eigenvalue weighted by Gasteiger charge is 2.25. The molecule has 1 rings (SSSR count). The van der Waals surface area contributed by atoms with E-state index in [9.17, 15) is 9.59 Å². The number of carbonyl (C=O) groups excluding carboxylic acids is 2. The van der Waals surface area contributed by atoms with E-state index >= 15 is 0 Å². The van der Waals surface area contributed by atoms with Crippen molar-refractivity contribution in [3.8, 4) is 0 Å². The van der Waals surface area contributed by atoms with Crippen LogP contribution in [0, 0.1) is 0 Å². The normalized spacial score (nSPS) is 20.1. The van der Waals surface area contributed by atoms with Crippen molar-refractivity contribution in [2.24, 2.45) is 0 Å². The summed E-state index contributed by atoms with van der Waals surface area (Å²) in [5, 5.41) is 12.2. The Balaban J connectivity index is 2.56. The SMILES string of the molecule is CCC(=O)NC(NC(=O)CC)C1CNCCN1. The first-order valence-electron chi connectivity index (χ1n) is 6.20. The van der Waals surface area contributed by atoms with Crippen LogP contribution in [0.2, 0.25) is 0 Å². The van der Waals surface area contributed by atoms with Gasteiger partial charge in [0.15, 0.2) is 0 Å². The number of hydrogen-bond donors (Lipinski definition) is 4. The third-order valence-electron chi connectivity index (χ3n) is 2.75. The first kappa shape index (κ1) is 13.9. The Labute approximate surface area is 102 Å². The van der Waals surface area contributed by atoms with Gasteiger partial charge in [0.05, 0.1) is 6.04 Å². The number of hydrogen-bond acceptors (Lipinski definition) is 4. The minimum Gasteiger partial charge on any atom is -0.335 e. The number of rotatable bonds is 5. The second-order valence-electron chi connectivity index (χ2n) is 4.08. The Morgan fingerprint density at radius 1 is 1.18 bits per heavy atom. The maximum Gasteiger partial charge on any atom is 0.221 e. The molecule has 6 nitrogen and oxygen atoms in total. The number of carbonyl (C=O) groups is 2. The lowest BCUT2D eigenvalue weighted by Crippen LogP contribution is -2.64. The fourth-order valence-corrected chi connectivity index (χ4v) is 1.70. The van der Waals surface area contributed by atoms with E-state index in [2.05, 4.69) is 21.3 Å². The molecule has 0 spiro atoms. The molecule has 1 aliphatic heterocycles. The van der Waals surface area contributed by atoms with Crippen LogP contribution in [-0.4, -0.2) is 43.7 Å². The molecular weight excluding hydrogens is 220 g/mol. The van der Waals surface area contributed by atoms with Crippen LogP contribution in [0.4, 0.5) is 0 Å². The topological polar surface area (TPSA) is 82.3 Å². The highest BCUT2D eigenvalue weighted by molar-refractivity contribution is 5.79. The largest absolute Gasteiger partial charge is 0.335 e. The van der Waals surface area contributed by atoms with Crippen molar-refractivity contribution in [2.45, 2.75) is 38.9 Å². The molecule has 98 valence electrons. The molecule has 2 amide bonds. The molecule has 0 saturated carbocycles. The highest BCUT2D eigenvalue weighted by atomic mass is 16.2. The zero-order chi connectivity index (χ0) is 12.7. The molecule has 1 heterocycles. The van der Waals surface area contributed by atoms with Gasteiger partial charge in [0.1, 0.15) is 6.17 Å². The van der Waals surface area contributed by atoms with Gasteiger partial charge in [-0.25, -0.2) is 0 Å². The predicted octanol–water partition coefficient (Wildman–Crippen LogP) is -1.07. The molecule has 1 atom stereocenters. The van der Waals surface area contributed by atoms with Crippen LogP contribution in [-0.2, 0) is 9.59 Å². The van der Waals surface area contributed by atoms with Gasteiger partial charge in [0, 0.05) is 32.5 Å². The molecule has 0 aromatic heterocycles. The quantitative estimate of drug-likeness (QED) is 0.463. The third-order valence-corrected chi connectivity index (χ3v) is 2.75. The summed E-state index contributed by atoms with van der Waals surface area (Å²) in [6.45, 7) is 6.07. The summed E-state index contributed by atoms with van der Waals surface area (Å²) in [6, 6.07) is 0.0368. The van der Waals surface area contributed by atoms with Crippen LogP contribution in [0.25, 0.3) is 0 Å². The highest BCUT2D eigenvalue weighted by Crippen LogP contribution is 1.95. The minimum absolute atomic E-state index is 0.0368. The summed E-state index contributed by atoms with van der Waals surface area (Å²) in [6.07, 6.45) is 0.486. The predicted molar refractivity (Wildman–Crippen MR) is 65.3 cm³/mol. The molecule has 0 aromatic carbocycles.